The lowest BCUT2D eigenvalue weighted by Gasteiger charge is -2.06. The molecule has 0 saturated carbocycles. The largest absolute Gasteiger partial charge is 0.480 e. The molecule has 0 aromatic carbocycles. The maximum absolute atomic E-state index is 10.1. The number of aliphatic carboxylic acids is 3. The second-order valence-corrected chi connectivity index (χ2v) is 4.72. The SMILES string of the molecule is CC(N)C(=O)O.CC(O)C(N)C(=O)O.O=C(O)[C@@H]1CCCN1. The zero-order chi connectivity index (χ0) is 17.9. The molecule has 0 aromatic rings. The lowest BCUT2D eigenvalue weighted by Crippen LogP contribution is -2.39. The predicted octanol–water partition coefficient (Wildman–Crippen LogP) is -1.98. The molecule has 0 amide bonds. The standard InChI is InChI=1S/C5H9NO2.C4H9NO3.C3H7NO2/c7-5(8)4-2-1-3-6-4;1-2(6)3(5)4(7)8;1-2(4)3(5)6/h4,6H,1-3H2,(H,7,8);2-3,6H,5H2,1H3,(H,7,8);2H,4H2,1H3,(H,5,6)/t4-;;/m0../s1. The molecule has 1 fully saturated rings. The van der Waals surface area contributed by atoms with E-state index in [0.29, 0.717) is 0 Å². The summed E-state index contributed by atoms with van der Waals surface area (Å²) < 4.78 is 0. The number of hydrogen-bond acceptors (Lipinski definition) is 7. The zero-order valence-corrected chi connectivity index (χ0v) is 12.6. The molecule has 1 aliphatic heterocycles. The number of aliphatic hydroxyl groups excluding tert-OH is 1. The highest BCUT2D eigenvalue weighted by Crippen LogP contribution is 2.03. The van der Waals surface area contributed by atoms with Crippen molar-refractivity contribution in [3.63, 3.8) is 0 Å². The van der Waals surface area contributed by atoms with Crippen molar-refractivity contribution in [3.8, 4) is 0 Å². The molecule has 0 aromatic heterocycles. The highest BCUT2D eigenvalue weighted by atomic mass is 16.4. The molecule has 3 unspecified atom stereocenters. The van der Waals surface area contributed by atoms with Crippen LogP contribution in [0.2, 0.25) is 0 Å². The minimum atomic E-state index is -1.18. The summed E-state index contributed by atoms with van der Waals surface area (Å²) in [6.45, 7) is 3.61. The van der Waals surface area contributed by atoms with Gasteiger partial charge in [-0.2, -0.15) is 0 Å². The van der Waals surface area contributed by atoms with Gasteiger partial charge >= 0.3 is 17.9 Å². The third kappa shape index (κ3) is 12.0. The fraction of sp³-hybridized carbons (Fsp3) is 0.750. The van der Waals surface area contributed by atoms with Crippen molar-refractivity contribution in [2.75, 3.05) is 6.54 Å². The molecule has 0 bridgehead atoms. The van der Waals surface area contributed by atoms with Crippen LogP contribution in [0.15, 0.2) is 0 Å². The van der Waals surface area contributed by atoms with Crippen LogP contribution in [0.3, 0.4) is 0 Å². The van der Waals surface area contributed by atoms with Gasteiger partial charge in [0.15, 0.2) is 0 Å². The van der Waals surface area contributed by atoms with E-state index >= 15 is 0 Å². The van der Waals surface area contributed by atoms with Gasteiger partial charge in [-0.3, -0.25) is 14.4 Å². The number of nitrogens with two attached hydrogens (primary N) is 2. The lowest BCUT2D eigenvalue weighted by molar-refractivity contribution is -0.141. The fourth-order valence-corrected chi connectivity index (χ4v) is 1.10. The van der Waals surface area contributed by atoms with Gasteiger partial charge in [0.1, 0.15) is 18.1 Å². The van der Waals surface area contributed by atoms with E-state index in [9.17, 15) is 14.4 Å². The van der Waals surface area contributed by atoms with Gasteiger partial charge in [0, 0.05) is 0 Å². The number of hydrogen-bond donors (Lipinski definition) is 7. The topological polar surface area (TPSA) is 196 Å². The Morgan fingerprint density at radius 3 is 1.64 bits per heavy atom. The Kier molecular flexibility index (Phi) is 12.1. The zero-order valence-electron chi connectivity index (χ0n) is 12.6. The second kappa shape index (κ2) is 11.9. The first-order valence-corrected chi connectivity index (χ1v) is 6.61. The normalized spacial score (nSPS) is 20.3. The molecule has 4 atom stereocenters. The molecular formula is C12H25N3O7. The molecule has 0 spiro atoms. The molecule has 10 heteroatoms. The van der Waals surface area contributed by atoms with Crippen LogP contribution < -0.4 is 16.8 Å². The van der Waals surface area contributed by atoms with Gasteiger partial charge < -0.3 is 37.2 Å². The Morgan fingerprint density at radius 2 is 1.55 bits per heavy atom. The van der Waals surface area contributed by atoms with Gasteiger partial charge in [0.2, 0.25) is 0 Å². The summed E-state index contributed by atoms with van der Waals surface area (Å²) in [6.07, 6.45) is 0.805. The highest BCUT2D eigenvalue weighted by molar-refractivity contribution is 5.74. The number of carbonyl (C=O) groups is 3. The molecule has 0 radical (unpaired) electrons. The third-order valence-electron chi connectivity index (χ3n) is 2.55. The van der Waals surface area contributed by atoms with Crippen LogP contribution >= 0.6 is 0 Å². The summed E-state index contributed by atoms with van der Waals surface area (Å²) >= 11 is 0. The molecule has 9 N–H and O–H groups in total. The molecule has 1 heterocycles. The average molecular weight is 323 g/mol. The first-order valence-electron chi connectivity index (χ1n) is 6.61. The van der Waals surface area contributed by atoms with Crippen molar-refractivity contribution in [2.45, 2.75) is 50.9 Å². The molecule has 130 valence electrons. The van der Waals surface area contributed by atoms with Gasteiger partial charge in [-0.15, -0.1) is 0 Å². The predicted molar refractivity (Wildman–Crippen MR) is 77.2 cm³/mol. The lowest BCUT2D eigenvalue weighted by atomic mass is 10.2. The number of aliphatic hydroxyl groups is 1. The molecule has 10 nitrogen and oxygen atoms in total. The molecule has 22 heavy (non-hydrogen) atoms. The minimum Gasteiger partial charge on any atom is -0.480 e. The van der Waals surface area contributed by atoms with Crippen LogP contribution in [0.25, 0.3) is 0 Å². The summed E-state index contributed by atoms with van der Waals surface area (Å²) in [6, 6.07) is -2.16. The van der Waals surface area contributed by atoms with E-state index in [0.717, 1.165) is 19.4 Å². The van der Waals surface area contributed by atoms with E-state index in [-0.39, 0.29) is 6.04 Å². The van der Waals surface area contributed by atoms with Crippen LogP contribution in [-0.4, -0.2) is 69.1 Å². The van der Waals surface area contributed by atoms with Crippen molar-refractivity contribution in [3.05, 3.63) is 0 Å². The quantitative estimate of drug-likeness (QED) is 0.304. The molecule has 1 rings (SSSR count). The number of nitrogens with one attached hydrogen (secondary N) is 1. The van der Waals surface area contributed by atoms with Crippen LogP contribution in [0, 0.1) is 0 Å². The van der Waals surface area contributed by atoms with Crippen LogP contribution in [0.4, 0.5) is 0 Å². The Morgan fingerprint density at radius 1 is 1.09 bits per heavy atom. The van der Waals surface area contributed by atoms with Crippen molar-refractivity contribution in [1.82, 2.24) is 5.32 Å². The third-order valence-corrected chi connectivity index (χ3v) is 2.55. The van der Waals surface area contributed by atoms with Crippen LogP contribution in [-0.2, 0) is 14.4 Å². The fourth-order valence-electron chi connectivity index (χ4n) is 1.10. The molecule has 1 aliphatic rings. The number of rotatable bonds is 4. The van der Waals surface area contributed by atoms with Crippen LogP contribution in [0.1, 0.15) is 26.7 Å². The van der Waals surface area contributed by atoms with Crippen molar-refractivity contribution in [2.24, 2.45) is 11.5 Å². The number of carboxylic acid groups (broad SMARTS) is 3. The minimum absolute atomic E-state index is 0.269. The Bertz CT molecular complexity index is 343. The van der Waals surface area contributed by atoms with E-state index in [4.69, 9.17) is 31.9 Å². The Balaban J connectivity index is 0. The van der Waals surface area contributed by atoms with Crippen molar-refractivity contribution in [1.29, 1.82) is 0 Å². The molecule has 0 aliphatic carbocycles. The highest BCUT2D eigenvalue weighted by Gasteiger charge is 2.20. The van der Waals surface area contributed by atoms with E-state index in [2.05, 4.69) is 5.32 Å². The van der Waals surface area contributed by atoms with E-state index in [1.165, 1.54) is 13.8 Å². The second-order valence-electron chi connectivity index (χ2n) is 4.72. The summed E-state index contributed by atoms with van der Waals surface area (Å²) in [4.78, 5) is 29.6. The first-order chi connectivity index (χ1) is 10.0. The van der Waals surface area contributed by atoms with Gasteiger partial charge in [0.05, 0.1) is 6.10 Å². The first kappa shape index (κ1) is 22.5. The summed E-state index contributed by atoms with van der Waals surface area (Å²) in [5, 5.41) is 35.6. The van der Waals surface area contributed by atoms with Gasteiger partial charge in [0.25, 0.3) is 0 Å². The smallest absolute Gasteiger partial charge is 0.323 e. The van der Waals surface area contributed by atoms with Gasteiger partial charge in [-0.25, -0.2) is 0 Å². The van der Waals surface area contributed by atoms with Gasteiger partial charge in [-0.1, -0.05) is 0 Å². The van der Waals surface area contributed by atoms with E-state index in [1.807, 2.05) is 0 Å². The Labute approximate surface area is 128 Å². The average Bonchev–Trinajstić information content (AvgIpc) is 2.92. The molecule has 1 saturated heterocycles. The molecular weight excluding hydrogens is 298 g/mol. The Hall–Kier alpha value is -1.75. The van der Waals surface area contributed by atoms with Gasteiger partial charge in [-0.05, 0) is 33.2 Å². The van der Waals surface area contributed by atoms with Crippen LogP contribution in [0.5, 0.6) is 0 Å². The summed E-state index contributed by atoms with van der Waals surface area (Å²) in [7, 11) is 0. The van der Waals surface area contributed by atoms with Crippen molar-refractivity contribution >= 4 is 17.9 Å². The van der Waals surface area contributed by atoms with Crippen molar-refractivity contribution < 1.29 is 34.8 Å². The van der Waals surface area contributed by atoms with E-state index < -0.39 is 36.1 Å². The summed E-state index contributed by atoms with van der Waals surface area (Å²) in [5.41, 5.74) is 9.75. The summed E-state index contributed by atoms with van der Waals surface area (Å²) in [5.74, 6) is -2.86. The number of carboxylic acids is 3. The maximum Gasteiger partial charge on any atom is 0.323 e. The maximum atomic E-state index is 10.1. The monoisotopic (exact) mass is 323 g/mol. The van der Waals surface area contributed by atoms with E-state index in [1.54, 1.807) is 0 Å².